The van der Waals surface area contributed by atoms with Crippen LogP contribution in [0, 0.1) is 10.1 Å². The van der Waals surface area contributed by atoms with Crippen molar-refractivity contribution in [3.63, 3.8) is 0 Å². The summed E-state index contributed by atoms with van der Waals surface area (Å²) in [5.41, 5.74) is 0.0655. The number of non-ortho nitro benzene ring substituents is 1. The Morgan fingerprint density at radius 3 is 2.50 bits per heavy atom. The molecule has 0 amide bonds. The Balaban J connectivity index is 2.51. The number of halogens is 1. The Labute approximate surface area is 148 Å². The van der Waals surface area contributed by atoms with Gasteiger partial charge < -0.3 is 4.74 Å². The summed E-state index contributed by atoms with van der Waals surface area (Å²) in [7, 11) is -2.39. The van der Waals surface area contributed by atoms with Crippen LogP contribution in [0.1, 0.15) is 6.92 Å². The third kappa shape index (κ3) is 3.51. The maximum absolute atomic E-state index is 12.9. The summed E-state index contributed by atoms with van der Waals surface area (Å²) in [6.45, 7) is 1.79. The topological polar surface area (TPSA) is 89.8 Å². The van der Waals surface area contributed by atoms with Crippen LogP contribution in [0.2, 0.25) is 0 Å². The van der Waals surface area contributed by atoms with E-state index in [1.807, 2.05) is 0 Å². The molecule has 0 saturated heterocycles. The minimum Gasteiger partial charge on any atom is -0.496 e. The van der Waals surface area contributed by atoms with E-state index >= 15 is 0 Å². The smallest absolute Gasteiger partial charge is 0.271 e. The normalized spacial score (nSPS) is 11.1. The molecule has 0 aliphatic carbocycles. The fourth-order valence-corrected chi connectivity index (χ4v) is 4.37. The number of nitro groups is 1. The first-order chi connectivity index (χ1) is 11.3. The average Bonchev–Trinajstić information content (AvgIpc) is 2.55. The summed E-state index contributed by atoms with van der Waals surface area (Å²) in [5, 5.41) is 10.9. The summed E-state index contributed by atoms with van der Waals surface area (Å²) in [6.07, 6.45) is 0. The number of ether oxygens (including phenoxy) is 1. The predicted molar refractivity (Wildman–Crippen MR) is 94.0 cm³/mol. The zero-order chi connectivity index (χ0) is 17.9. The van der Waals surface area contributed by atoms with Gasteiger partial charge in [0.2, 0.25) is 0 Å². The molecule has 24 heavy (non-hydrogen) atoms. The summed E-state index contributed by atoms with van der Waals surface area (Å²) in [5.74, 6) is 0.507. The summed E-state index contributed by atoms with van der Waals surface area (Å²) in [4.78, 5) is 10.4. The van der Waals surface area contributed by atoms with Crippen LogP contribution in [-0.2, 0) is 10.0 Å². The lowest BCUT2D eigenvalue weighted by molar-refractivity contribution is -0.384. The maximum Gasteiger partial charge on any atom is 0.271 e. The molecule has 0 saturated carbocycles. The van der Waals surface area contributed by atoms with Gasteiger partial charge in [-0.3, -0.25) is 14.4 Å². The van der Waals surface area contributed by atoms with Crippen molar-refractivity contribution in [2.75, 3.05) is 18.0 Å². The van der Waals surface area contributed by atoms with Crippen LogP contribution in [0.5, 0.6) is 5.75 Å². The van der Waals surface area contributed by atoms with E-state index in [9.17, 15) is 18.5 Å². The highest BCUT2D eigenvalue weighted by Gasteiger charge is 2.25. The monoisotopic (exact) mass is 414 g/mol. The molecule has 0 aliphatic heterocycles. The van der Waals surface area contributed by atoms with E-state index in [1.165, 1.54) is 49.6 Å². The second-order valence-electron chi connectivity index (χ2n) is 4.74. The number of methoxy groups -OCH3 is 1. The first-order valence-electron chi connectivity index (χ1n) is 6.92. The molecule has 9 heteroatoms. The van der Waals surface area contributed by atoms with Gasteiger partial charge in [0, 0.05) is 18.7 Å². The zero-order valence-electron chi connectivity index (χ0n) is 13.0. The summed E-state index contributed by atoms with van der Waals surface area (Å²) in [6, 6.07) is 9.93. The molecule has 7 nitrogen and oxygen atoms in total. The number of sulfonamides is 1. The number of benzene rings is 2. The molecule has 128 valence electrons. The van der Waals surface area contributed by atoms with Gasteiger partial charge in [-0.1, -0.05) is 6.07 Å². The lowest BCUT2D eigenvalue weighted by Gasteiger charge is -2.23. The van der Waals surface area contributed by atoms with Crippen LogP contribution in [0.15, 0.2) is 51.8 Å². The molecule has 2 aromatic carbocycles. The van der Waals surface area contributed by atoms with Gasteiger partial charge in [0.1, 0.15) is 5.75 Å². The molecule has 0 aliphatic rings. The summed E-state index contributed by atoms with van der Waals surface area (Å²) >= 11 is 3.26. The minimum absolute atomic E-state index is 0.0588. The van der Waals surface area contributed by atoms with Gasteiger partial charge in [-0.2, -0.15) is 0 Å². The second-order valence-corrected chi connectivity index (χ2v) is 7.46. The molecule has 0 bridgehead atoms. The lowest BCUT2D eigenvalue weighted by Crippen LogP contribution is -2.30. The summed E-state index contributed by atoms with van der Waals surface area (Å²) < 4.78 is 32.5. The van der Waals surface area contributed by atoms with E-state index in [1.54, 1.807) is 6.92 Å². The standard InChI is InChI=1S/C15H15BrN2O5S/c1-3-17(11-5-4-6-12(9-11)18(19)20)24(21,22)13-7-8-15(23-2)14(16)10-13/h4-10H,3H2,1-2H3. The number of anilines is 1. The molecule has 0 aromatic heterocycles. The first kappa shape index (κ1) is 18.2. The third-order valence-electron chi connectivity index (χ3n) is 3.33. The van der Waals surface area contributed by atoms with Gasteiger partial charge in [0.25, 0.3) is 15.7 Å². The molecule has 0 heterocycles. The highest BCUT2D eigenvalue weighted by Crippen LogP contribution is 2.31. The average molecular weight is 415 g/mol. The number of nitro benzene ring substituents is 1. The van der Waals surface area contributed by atoms with Crippen LogP contribution in [0.4, 0.5) is 11.4 Å². The van der Waals surface area contributed by atoms with Gasteiger partial charge >= 0.3 is 0 Å². The third-order valence-corrected chi connectivity index (χ3v) is 5.85. The van der Waals surface area contributed by atoms with Crippen molar-refractivity contribution in [3.05, 3.63) is 57.1 Å². The number of nitrogens with zero attached hydrogens (tertiary/aromatic N) is 2. The Bertz CT molecular complexity index is 870. The zero-order valence-corrected chi connectivity index (χ0v) is 15.4. The highest BCUT2D eigenvalue weighted by molar-refractivity contribution is 9.10. The van der Waals surface area contributed by atoms with E-state index in [4.69, 9.17) is 4.74 Å². The fourth-order valence-electron chi connectivity index (χ4n) is 2.19. The van der Waals surface area contributed by atoms with Crippen LogP contribution >= 0.6 is 15.9 Å². The first-order valence-corrected chi connectivity index (χ1v) is 9.15. The largest absolute Gasteiger partial charge is 0.496 e. The van der Waals surface area contributed by atoms with E-state index in [2.05, 4.69) is 15.9 Å². The molecule has 0 N–H and O–H groups in total. The molecule has 0 radical (unpaired) electrons. The van der Waals surface area contributed by atoms with Gasteiger partial charge in [-0.15, -0.1) is 0 Å². The van der Waals surface area contributed by atoms with Gasteiger partial charge in [0.05, 0.1) is 27.1 Å². The molecule has 0 spiro atoms. The second kappa shape index (κ2) is 7.18. The van der Waals surface area contributed by atoms with Crippen molar-refractivity contribution in [2.45, 2.75) is 11.8 Å². The Morgan fingerprint density at radius 2 is 1.96 bits per heavy atom. The van der Waals surface area contributed by atoms with E-state index in [-0.39, 0.29) is 22.8 Å². The Kier molecular flexibility index (Phi) is 5.45. The molecular formula is C15H15BrN2O5S. The van der Waals surface area contributed by atoms with Gasteiger partial charge in [-0.25, -0.2) is 8.42 Å². The molecular weight excluding hydrogens is 400 g/mol. The number of hydrogen-bond acceptors (Lipinski definition) is 5. The molecule has 2 rings (SSSR count). The van der Waals surface area contributed by atoms with Gasteiger partial charge in [0.15, 0.2) is 0 Å². The quantitative estimate of drug-likeness (QED) is 0.532. The SMILES string of the molecule is CCN(c1cccc([N+](=O)[O-])c1)S(=O)(=O)c1ccc(OC)c(Br)c1. The number of hydrogen-bond donors (Lipinski definition) is 0. The van der Waals surface area contributed by atoms with Crippen molar-refractivity contribution in [3.8, 4) is 5.75 Å². The van der Waals surface area contributed by atoms with Crippen molar-refractivity contribution < 1.29 is 18.1 Å². The van der Waals surface area contributed by atoms with Crippen LogP contribution in [-0.4, -0.2) is 27.0 Å². The highest BCUT2D eigenvalue weighted by atomic mass is 79.9. The van der Waals surface area contributed by atoms with Crippen molar-refractivity contribution >= 4 is 37.3 Å². The molecule has 2 aromatic rings. The van der Waals surface area contributed by atoms with Gasteiger partial charge in [-0.05, 0) is 47.1 Å². The van der Waals surface area contributed by atoms with Crippen molar-refractivity contribution in [1.29, 1.82) is 0 Å². The van der Waals surface area contributed by atoms with E-state index < -0.39 is 14.9 Å². The van der Waals surface area contributed by atoms with E-state index in [0.29, 0.717) is 10.2 Å². The predicted octanol–water partition coefficient (Wildman–Crippen LogP) is 3.58. The maximum atomic E-state index is 12.9. The van der Waals surface area contributed by atoms with E-state index in [0.717, 1.165) is 4.31 Å². The van der Waals surface area contributed by atoms with Crippen molar-refractivity contribution in [2.24, 2.45) is 0 Å². The minimum atomic E-state index is -3.87. The van der Waals surface area contributed by atoms with Crippen molar-refractivity contribution in [1.82, 2.24) is 0 Å². The molecule has 0 atom stereocenters. The Morgan fingerprint density at radius 1 is 1.25 bits per heavy atom. The lowest BCUT2D eigenvalue weighted by atomic mass is 10.3. The number of rotatable bonds is 6. The van der Waals surface area contributed by atoms with Crippen LogP contribution in [0.3, 0.4) is 0 Å². The van der Waals surface area contributed by atoms with Crippen LogP contribution < -0.4 is 9.04 Å². The molecule has 0 unspecified atom stereocenters. The van der Waals surface area contributed by atoms with Crippen LogP contribution in [0.25, 0.3) is 0 Å². The molecule has 0 fully saturated rings. The fraction of sp³-hybridized carbons (Fsp3) is 0.200. The Hall–Kier alpha value is -2.13.